The lowest BCUT2D eigenvalue weighted by Crippen LogP contribution is -2.51. The molecule has 3 nitrogen and oxygen atoms in total. The molecule has 1 heterocycles. The average molecular weight is 196 g/mol. The van der Waals surface area contributed by atoms with Crippen LogP contribution in [0.2, 0.25) is 0 Å². The lowest BCUT2D eigenvalue weighted by atomic mass is 9.90. The summed E-state index contributed by atoms with van der Waals surface area (Å²) in [5.74, 6) is 8.18. The number of nitrogens with one attached hydrogen (secondary N) is 1. The Morgan fingerprint density at radius 2 is 2.50 bits per heavy atom. The molecule has 1 saturated heterocycles. The van der Waals surface area contributed by atoms with Gasteiger partial charge < -0.3 is 4.74 Å². The molecule has 0 amide bonds. The molecular formula is C11H20N2O. The first kappa shape index (κ1) is 11.5. The third-order valence-electron chi connectivity index (χ3n) is 3.00. The van der Waals surface area contributed by atoms with Gasteiger partial charge in [0.25, 0.3) is 0 Å². The number of nitrogens with two attached hydrogens (primary N) is 1. The zero-order valence-electron chi connectivity index (χ0n) is 8.88. The monoisotopic (exact) mass is 196 g/mol. The van der Waals surface area contributed by atoms with E-state index in [2.05, 4.69) is 18.3 Å². The van der Waals surface area contributed by atoms with E-state index >= 15 is 0 Å². The normalized spacial score (nSPS) is 28.6. The van der Waals surface area contributed by atoms with E-state index in [0.717, 1.165) is 38.7 Å². The summed E-state index contributed by atoms with van der Waals surface area (Å²) < 4.78 is 5.73. The van der Waals surface area contributed by atoms with Gasteiger partial charge in [-0.1, -0.05) is 0 Å². The highest BCUT2D eigenvalue weighted by Crippen LogP contribution is 2.30. The van der Waals surface area contributed by atoms with E-state index in [0.29, 0.717) is 0 Å². The Balaban J connectivity index is 2.40. The number of hydrazine groups is 1. The van der Waals surface area contributed by atoms with Crippen molar-refractivity contribution in [3.8, 4) is 12.3 Å². The summed E-state index contributed by atoms with van der Waals surface area (Å²) in [7, 11) is 0. The van der Waals surface area contributed by atoms with Gasteiger partial charge in [-0.3, -0.25) is 11.3 Å². The molecule has 2 unspecified atom stereocenters. The van der Waals surface area contributed by atoms with Crippen molar-refractivity contribution in [2.75, 3.05) is 6.61 Å². The quantitative estimate of drug-likeness (QED) is 0.300. The van der Waals surface area contributed by atoms with E-state index in [9.17, 15) is 0 Å². The number of hydrogen-bond acceptors (Lipinski definition) is 3. The van der Waals surface area contributed by atoms with Gasteiger partial charge in [-0.2, -0.15) is 0 Å². The van der Waals surface area contributed by atoms with Gasteiger partial charge >= 0.3 is 0 Å². The van der Waals surface area contributed by atoms with Crippen LogP contribution < -0.4 is 11.3 Å². The number of rotatable bonds is 5. The third kappa shape index (κ3) is 2.71. The van der Waals surface area contributed by atoms with Crippen molar-refractivity contribution >= 4 is 0 Å². The summed E-state index contributed by atoms with van der Waals surface area (Å²) in [5, 5.41) is 0. The fourth-order valence-electron chi connectivity index (χ4n) is 2.05. The van der Waals surface area contributed by atoms with Crippen LogP contribution >= 0.6 is 0 Å². The minimum absolute atomic E-state index is 0.0939. The Hall–Kier alpha value is -0.560. The van der Waals surface area contributed by atoms with Gasteiger partial charge in [0.05, 0.1) is 5.60 Å². The molecule has 3 N–H and O–H groups in total. The maximum absolute atomic E-state index is 5.73. The van der Waals surface area contributed by atoms with Gasteiger partial charge in [-0.15, -0.1) is 12.3 Å². The highest BCUT2D eigenvalue weighted by Gasteiger charge is 2.37. The first-order chi connectivity index (χ1) is 6.73. The van der Waals surface area contributed by atoms with E-state index in [1.54, 1.807) is 0 Å². The summed E-state index contributed by atoms with van der Waals surface area (Å²) in [6, 6.07) is 0.221. The van der Waals surface area contributed by atoms with Gasteiger partial charge in [-0.25, -0.2) is 0 Å². The molecule has 80 valence electrons. The Bertz CT molecular complexity index is 204. The van der Waals surface area contributed by atoms with Crippen LogP contribution in [0.5, 0.6) is 0 Å². The van der Waals surface area contributed by atoms with E-state index in [-0.39, 0.29) is 11.6 Å². The first-order valence-corrected chi connectivity index (χ1v) is 5.26. The van der Waals surface area contributed by atoms with Crippen LogP contribution in [0, 0.1) is 12.3 Å². The molecule has 0 saturated carbocycles. The highest BCUT2D eigenvalue weighted by atomic mass is 16.5. The largest absolute Gasteiger partial charge is 0.374 e. The van der Waals surface area contributed by atoms with Crippen LogP contribution in [0.3, 0.4) is 0 Å². The standard InChI is InChI=1S/C11H20N2O/c1-3-4-5-7-10(13-12)11(2)8-6-9-14-11/h1,10,13H,4-9,12H2,2H3. The van der Waals surface area contributed by atoms with Crippen molar-refractivity contribution in [2.45, 2.75) is 50.7 Å². The predicted octanol–water partition coefficient (Wildman–Crippen LogP) is 1.19. The van der Waals surface area contributed by atoms with E-state index in [1.165, 1.54) is 0 Å². The smallest absolute Gasteiger partial charge is 0.0821 e. The molecule has 0 bridgehead atoms. The minimum Gasteiger partial charge on any atom is -0.374 e. The lowest BCUT2D eigenvalue weighted by molar-refractivity contribution is -0.0142. The van der Waals surface area contributed by atoms with Gasteiger partial charge in [-0.05, 0) is 32.6 Å². The van der Waals surface area contributed by atoms with Gasteiger partial charge in [0.2, 0.25) is 0 Å². The molecular weight excluding hydrogens is 176 g/mol. The summed E-state index contributed by atoms with van der Waals surface area (Å²) >= 11 is 0. The van der Waals surface area contributed by atoms with Crippen LogP contribution in [0.1, 0.15) is 39.0 Å². The molecule has 1 aliphatic rings. The maximum Gasteiger partial charge on any atom is 0.0821 e. The molecule has 2 atom stereocenters. The molecule has 0 aromatic carbocycles. The van der Waals surface area contributed by atoms with Crippen molar-refractivity contribution in [1.82, 2.24) is 5.43 Å². The molecule has 0 aromatic heterocycles. The molecule has 1 aliphatic heterocycles. The van der Waals surface area contributed by atoms with Gasteiger partial charge in [0.15, 0.2) is 0 Å². The van der Waals surface area contributed by atoms with Crippen LogP contribution in [0.15, 0.2) is 0 Å². The second-order valence-corrected chi connectivity index (χ2v) is 4.08. The molecule has 1 rings (SSSR count). The summed E-state index contributed by atoms with van der Waals surface area (Å²) in [4.78, 5) is 0. The average Bonchev–Trinajstić information content (AvgIpc) is 2.61. The Kier molecular flexibility index (Phi) is 4.40. The first-order valence-electron chi connectivity index (χ1n) is 5.26. The van der Waals surface area contributed by atoms with Crippen molar-refractivity contribution in [2.24, 2.45) is 5.84 Å². The fourth-order valence-corrected chi connectivity index (χ4v) is 2.05. The summed E-state index contributed by atoms with van der Waals surface area (Å²) in [5.41, 5.74) is 2.76. The molecule has 14 heavy (non-hydrogen) atoms. The van der Waals surface area contributed by atoms with E-state index in [1.807, 2.05) is 0 Å². The molecule has 1 fully saturated rings. The highest BCUT2D eigenvalue weighted by molar-refractivity contribution is 4.92. The van der Waals surface area contributed by atoms with Crippen LogP contribution in [-0.4, -0.2) is 18.2 Å². The lowest BCUT2D eigenvalue weighted by Gasteiger charge is -2.32. The van der Waals surface area contributed by atoms with Crippen LogP contribution in [0.25, 0.3) is 0 Å². The van der Waals surface area contributed by atoms with Gasteiger partial charge in [0.1, 0.15) is 0 Å². The van der Waals surface area contributed by atoms with E-state index < -0.39 is 0 Å². The second kappa shape index (κ2) is 5.35. The fraction of sp³-hybridized carbons (Fsp3) is 0.818. The third-order valence-corrected chi connectivity index (χ3v) is 3.00. The van der Waals surface area contributed by atoms with Gasteiger partial charge in [0, 0.05) is 19.1 Å². The van der Waals surface area contributed by atoms with Crippen molar-refractivity contribution in [3.63, 3.8) is 0 Å². The number of unbranched alkanes of at least 4 members (excludes halogenated alkanes) is 1. The Labute approximate surface area is 86.4 Å². The Morgan fingerprint density at radius 1 is 1.71 bits per heavy atom. The number of hydrogen-bond donors (Lipinski definition) is 2. The van der Waals surface area contributed by atoms with Crippen molar-refractivity contribution < 1.29 is 4.74 Å². The van der Waals surface area contributed by atoms with Crippen LogP contribution in [-0.2, 0) is 4.74 Å². The Morgan fingerprint density at radius 3 is 3.00 bits per heavy atom. The zero-order chi connectivity index (χ0) is 10.4. The van der Waals surface area contributed by atoms with Crippen molar-refractivity contribution in [3.05, 3.63) is 0 Å². The predicted molar refractivity (Wildman–Crippen MR) is 57.4 cm³/mol. The molecule has 0 spiro atoms. The minimum atomic E-state index is -0.0939. The molecule has 3 heteroatoms. The van der Waals surface area contributed by atoms with E-state index in [4.69, 9.17) is 17.0 Å². The molecule has 0 radical (unpaired) electrons. The van der Waals surface area contributed by atoms with Crippen molar-refractivity contribution in [1.29, 1.82) is 0 Å². The summed E-state index contributed by atoms with van der Waals surface area (Å²) in [6.07, 6.45) is 10.2. The zero-order valence-corrected chi connectivity index (χ0v) is 8.88. The molecule has 0 aliphatic carbocycles. The van der Waals surface area contributed by atoms with Crippen LogP contribution in [0.4, 0.5) is 0 Å². The SMILES string of the molecule is C#CCCCC(NN)C1(C)CCCO1. The number of terminal acetylenes is 1. The second-order valence-electron chi connectivity index (χ2n) is 4.08. The maximum atomic E-state index is 5.73. The number of ether oxygens (including phenoxy) is 1. The topological polar surface area (TPSA) is 47.3 Å². The summed E-state index contributed by atoms with van der Waals surface area (Å²) in [6.45, 7) is 2.98. The molecule has 0 aromatic rings.